The summed E-state index contributed by atoms with van der Waals surface area (Å²) < 4.78 is 0. The molecule has 1 amide bonds. The number of nitrogens with one attached hydrogen (secondary N) is 1. The zero-order chi connectivity index (χ0) is 19.4. The molecule has 1 aromatic rings. The molecule has 0 spiro atoms. The van der Waals surface area contributed by atoms with Gasteiger partial charge in [0.1, 0.15) is 5.69 Å². The standard InChI is InChI=1S/C19H25N3O5/c23-18(20-15-7-3-1-2-6-14(15)19(24)25)13-8-9-16(17(12-13)22(26)27)21-10-4-5-11-21/h8-9,12,14-15H,1-7,10-11H2,(H,20,23)(H,24,25)/t14-,15+/m1/s1. The first-order chi connectivity index (χ1) is 13.0. The largest absolute Gasteiger partial charge is 0.481 e. The van der Waals surface area contributed by atoms with E-state index in [1.807, 2.05) is 4.90 Å². The summed E-state index contributed by atoms with van der Waals surface area (Å²) in [6.45, 7) is 1.55. The number of amides is 1. The molecule has 0 bridgehead atoms. The second kappa shape index (κ2) is 8.37. The minimum Gasteiger partial charge on any atom is -0.481 e. The van der Waals surface area contributed by atoms with Crippen molar-refractivity contribution in [3.8, 4) is 0 Å². The fourth-order valence-electron chi connectivity index (χ4n) is 4.06. The van der Waals surface area contributed by atoms with Gasteiger partial charge in [-0.1, -0.05) is 19.3 Å². The van der Waals surface area contributed by atoms with Crippen molar-refractivity contribution in [1.82, 2.24) is 5.32 Å². The SMILES string of the molecule is O=C(N[C@H]1CCCCC[C@H]1C(=O)O)c1ccc(N2CCCC2)c([N+](=O)[O-])c1. The Morgan fingerprint density at radius 3 is 2.48 bits per heavy atom. The molecule has 3 rings (SSSR count). The normalized spacial score (nSPS) is 22.9. The highest BCUT2D eigenvalue weighted by atomic mass is 16.6. The highest BCUT2D eigenvalue weighted by molar-refractivity contribution is 5.96. The molecule has 1 aliphatic carbocycles. The summed E-state index contributed by atoms with van der Waals surface area (Å²) in [5.41, 5.74) is 0.644. The fourth-order valence-corrected chi connectivity index (χ4v) is 4.06. The number of aliphatic carboxylic acids is 1. The molecule has 1 heterocycles. The fraction of sp³-hybridized carbons (Fsp3) is 0.579. The summed E-state index contributed by atoms with van der Waals surface area (Å²) in [5.74, 6) is -1.97. The molecule has 1 saturated carbocycles. The van der Waals surface area contributed by atoms with E-state index in [2.05, 4.69) is 5.32 Å². The lowest BCUT2D eigenvalue weighted by molar-refractivity contribution is -0.384. The van der Waals surface area contributed by atoms with E-state index in [9.17, 15) is 24.8 Å². The predicted octanol–water partition coefficient (Wildman–Crippen LogP) is 2.96. The van der Waals surface area contributed by atoms with E-state index in [-0.39, 0.29) is 11.3 Å². The van der Waals surface area contributed by atoms with Gasteiger partial charge in [0.2, 0.25) is 0 Å². The number of benzene rings is 1. The highest BCUT2D eigenvalue weighted by Crippen LogP contribution is 2.32. The Kier molecular flexibility index (Phi) is 5.93. The smallest absolute Gasteiger partial charge is 0.308 e. The summed E-state index contributed by atoms with van der Waals surface area (Å²) in [6, 6.07) is 4.06. The molecular formula is C19H25N3O5. The summed E-state index contributed by atoms with van der Waals surface area (Å²) in [6.07, 6.45) is 5.79. The van der Waals surface area contributed by atoms with Crippen LogP contribution in [-0.4, -0.2) is 41.0 Å². The van der Waals surface area contributed by atoms with Gasteiger partial charge in [-0.25, -0.2) is 0 Å². The van der Waals surface area contributed by atoms with E-state index >= 15 is 0 Å². The Balaban J connectivity index is 1.80. The number of hydrogen-bond acceptors (Lipinski definition) is 5. The quantitative estimate of drug-likeness (QED) is 0.465. The lowest BCUT2D eigenvalue weighted by Gasteiger charge is -2.23. The lowest BCUT2D eigenvalue weighted by atomic mass is 9.94. The number of carbonyl (C=O) groups is 2. The van der Waals surface area contributed by atoms with Crippen LogP contribution in [0.15, 0.2) is 18.2 Å². The van der Waals surface area contributed by atoms with Gasteiger partial charge in [-0.3, -0.25) is 19.7 Å². The van der Waals surface area contributed by atoms with Crippen molar-refractivity contribution in [2.24, 2.45) is 5.92 Å². The number of anilines is 1. The van der Waals surface area contributed by atoms with Gasteiger partial charge in [-0.05, 0) is 37.8 Å². The van der Waals surface area contributed by atoms with E-state index in [1.54, 1.807) is 12.1 Å². The van der Waals surface area contributed by atoms with Crippen LogP contribution in [0, 0.1) is 16.0 Å². The van der Waals surface area contributed by atoms with Crippen molar-refractivity contribution in [2.45, 2.75) is 51.0 Å². The Labute approximate surface area is 157 Å². The van der Waals surface area contributed by atoms with Gasteiger partial charge in [0.05, 0.1) is 10.8 Å². The van der Waals surface area contributed by atoms with E-state index in [4.69, 9.17) is 0 Å². The monoisotopic (exact) mass is 375 g/mol. The maximum atomic E-state index is 12.7. The zero-order valence-electron chi connectivity index (χ0n) is 15.2. The van der Waals surface area contributed by atoms with Crippen LogP contribution in [-0.2, 0) is 4.79 Å². The molecule has 146 valence electrons. The molecule has 0 radical (unpaired) electrons. The zero-order valence-corrected chi connectivity index (χ0v) is 15.2. The minimum atomic E-state index is -0.905. The number of hydrogen-bond donors (Lipinski definition) is 2. The highest BCUT2D eigenvalue weighted by Gasteiger charge is 2.31. The van der Waals surface area contributed by atoms with Crippen molar-refractivity contribution in [2.75, 3.05) is 18.0 Å². The Bertz CT molecular complexity index is 730. The van der Waals surface area contributed by atoms with Gasteiger partial charge in [-0.2, -0.15) is 0 Å². The molecule has 8 nitrogen and oxygen atoms in total. The van der Waals surface area contributed by atoms with Crippen molar-refractivity contribution < 1.29 is 19.6 Å². The van der Waals surface area contributed by atoms with Crippen molar-refractivity contribution >= 4 is 23.3 Å². The lowest BCUT2D eigenvalue weighted by Crippen LogP contribution is -2.42. The van der Waals surface area contributed by atoms with E-state index in [1.165, 1.54) is 6.07 Å². The molecular weight excluding hydrogens is 350 g/mol. The number of carboxylic acid groups (broad SMARTS) is 1. The maximum absolute atomic E-state index is 12.7. The van der Waals surface area contributed by atoms with Crippen molar-refractivity contribution in [1.29, 1.82) is 0 Å². The van der Waals surface area contributed by atoms with Gasteiger partial charge >= 0.3 is 5.97 Å². The van der Waals surface area contributed by atoms with Crippen molar-refractivity contribution in [3.63, 3.8) is 0 Å². The van der Waals surface area contributed by atoms with Gasteiger partial charge in [0.25, 0.3) is 11.6 Å². The van der Waals surface area contributed by atoms with Crippen LogP contribution in [0.25, 0.3) is 0 Å². The van der Waals surface area contributed by atoms with Gasteiger partial charge in [0, 0.05) is 30.8 Å². The Morgan fingerprint density at radius 2 is 1.81 bits per heavy atom. The van der Waals surface area contributed by atoms with E-state index in [0.717, 1.165) is 45.2 Å². The number of carboxylic acids is 1. The molecule has 27 heavy (non-hydrogen) atoms. The van der Waals surface area contributed by atoms with Crippen LogP contribution in [0.3, 0.4) is 0 Å². The second-order valence-electron chi connectivity index (χ2n) is 7.32. The molecule has 0 aromatic heterocycles. The van der Waals surface area contributed by atoms with Crippen LogP contribution in [0.1, 0.15) is 55.3 Å². The minimum absolute atomic E-state index is 0.0831. The summed E-state index contributed by atoms with van der Waals surface area (Å²) in [7, 11) is 0. The van der Waals surface area contributed by atoms with Crippen LogP contribution in [0.2, 0.25) is 0 Å². The predicted molar refractivity (Wildman–Crippen MR) is 100 cm³/mol. The average Bonchev–Trinajstić information content (AvgIpc) is 3.07. The molecule has 8 heteroatoms. The molecule has 1 aromatic carbocycles. The molecule has 2 atom stereocenters. The van der Waals surface area contributed by atoms with Gasteiger partial charge in [0.15, 0.2) is 0 Å². The van der Waals surface area contributed by atoms with Crippen LogP contribution >= 0.6 is 0 Å². The molecule has 1 aliphatic heterocycles. The number of nitro groups is 1. The third kappa shape index (κ3) is 4.37. The first kappa shape index (κ1) is 19.1. The number of nitro benzene ring substituents is 1. The molecule has 2 fully saturated rings. The Hall–Kier alpha value is -2.64. The van der Waals surface area contributed by atoms with E-state index < -0.39 is 28.8 Å². The van der Waals surface area contributed by atoms with E-state index in [0.29, 0.717) is 18.5 Å². The maximum Gasteiger partial charge on any atom is 0.308 e. The number of carbonyl (C=O) groups excluding carboxylic acids is 1. The average molecular weight is 375 g/mol. The topological polar surface area (TPSA) is 113 Å². The first-order valence-electron chi connectivity index (χ1n) is 9.54. The van der Waals surface area contributed by atoms with Gasteiger partial charge in [-0.15, -0.1) is 0 Å². The molecule has 0 unspecified atom stereocenters. The van der Waals surface area contributed by atoms with Crippen LogP contribution in [0.4, 0.5) is 11.4 Å². The third-order valence-electron chi connectivity index (χ3n) is 5.53. The molecule has 2 N–H and O–H groups in total. The van der Waals surface area contributed by atoms with Crippen molar-refractivity contribution in [3.05, 3.63) is 33.9 Å². The molecule has 1 saturated heterocycles. The summed E-state index contributed by atoms with van der Waals surface area (Å²) in [5, 5.41) is 23.8. The summed E-state index contributed by atoms with van der Waals surface area (Å²) in [4.78, 5) is 37.2. The number of rotatable bonds is 5. The summed E-state index contributed by atoms with van der Waals surface area (Å²) >= 11 is 0. The van der Waals surface area contributed by atoms with Crippen LogP contribution < -0.4 is 10.2 Å². The third-order valence-corrected chi connectivity index (χ3v) is 5.53. The number of nitrogens with zero attached hydrogens (tertiary/aromatic N) is 2. The first-order valence-corrected chi connectivity index (χ1v) is 9.54. The Morgan fingerprint density at radius 1 is 1.11 bits per heavy atom. The molecule has 2 aliphatic rings. The van der Waals surface area contributed by atoms with Gasteiger partial charge < -0.3 is 15.3 Å². The second-order valence-corrected chi connectivity index (χ2v) is 7.32. The van der Waals surface area contributed by atoms with Crippen LogP contribution in [0.5, 0.6) is 0 Å².